The minimum Gasteiger partial charge on any atom is -0.315 e. The molecule has 3 heterocycles. The molecule has 0 amide bonds. The van der Waals surface area contributed by atoms with Crippen molar-refractivity contribution in [3.8, 4) is 0 Å². The maximum Gasteiger partial charge on any atom is 0.0705 e. The summed E-state index contributed by atoms with van der Waals surface area (Å²) in [5, 5.41) is 4.84. The topological polar surface area (TPSA) is 28.2 Å². The van der Waals surface area contributed by atoms with E-state index in [4.69, 9.17) is 0 Å². The van der Waals surface area contributed by atoms with Crippen LogP contribution in [-0.4, -0.2) is 35.1 Å². The molecule has 4 rings (SSSR count). The second-order valence-electron chi connectivity index (χ2n) is 6.53. The second kappa shape index (κ2) is 6.53. The van der Waals surface area contributed by atoms with E-state index in [1.54, 1.807) is 0 Å². The fourth-order valence-electron chi connectivity index (χ4n) is 3.93. The van der Waals surface area contributed by atoms with Crippen molar-refractivity contribution in [2.24, 2.45) is 0 Å². The fraction of sp³-hybridized carbons (Fsp3) is 0.500. The van der Waals surface area contributed by atoms with Crippen molar-refractivity contribution < 1.29 is 0 Å². The molecule has 1 aromatic carbocycles. The van der Waals surface area contributed by atoms with E-state index < -0.39 is 0 Å². The third-order valence-electron chi connectivity index (χ3n) is 5.06. The van der Waals surface area contributed by atoms with Gasteiger partial charge in [-0.2, -0.15) is 0 Å². The van der Waals surface area contributed by atoms with Crippen molar-refractivity contribution >= 4 is 23.3 Å². The summed E-state index contributed by atoms with van der Waals surface area (Å²) in [6.07, 6.45) is 4.03. The van der Waals surface area contributed by atoms with Crippen LogP contribution in [0.3, 0.4) is 0 Å². The van der Waals surface area contributed by atoms with Gasteiger partial charge in [0.25, 0.3) is 0 Å². The lowest BCUT2D eigenvalue weighted by molar-refractivity contribution is 0.193. The number of benzene rings is 1. The van der Waals surface area contributed by atoms with E-state index in [0.717, 1.165) is 36.4 Å². The van der Waals surface area contributed by atoms with Crippen LogP contribution >= 0.6 is 12.4 Å². The zero-order valence-corrected chi connectivity index (χ0v) is 13.9. The molecule has 1 aromatic heterocycles. The number of pyridine rings is 1. The molecule has 2 atom stereocenters. The highest BCUT2D eigenvalue weighted by atomic mass is 35.5. The maximum atomic E-state index is 4.60. The maximum absolute atomic E-state index is 4.60. The molecular weight excluding hydrogens is 294 g/mol. The summed E-state index contributed by atoms with van der Waals surface area (Å²) in [5.74, 6) is 0. The molecule has 118 valence electrons. The molecule has 1 N–H and O–H groups in total. The summed E-state index contributed by atoms with van der Waals surface area (Å²) >= 11 is 0. The molecule has 0 saturated carbocycles. The third kappa shape index (κ3) is 2.98. The van der Waals surface area contributed by atoms with Crippen molar-refractivity contribution in [1.82, 2.24) is 15.2 Å². The number of hydrogen-bond donors (Lipinski definition) is 1. The van der Waals surface area contributed by atoms with Crippen LogP contribution in [0.4, 0.5) is 0 Å². The molecule has 2 bridgehead atoms. The third-order valence-corrected chi connectivity index (χ3v) is 5.06. The van der Waals surface area contributed by atoms with Gasteiger partial charge >= 0.3 is 0 Å². The van der Waals surface area contributed by atoms with E-state index in [2.05, 4.69) is 52.5 Å². The number of rotatable bonds is 2. The van der Waals surface area contributed by atoms with E-state index in [9.17, 15) is 0 Å². The van der Waals surface area contributed by atoms with Gasteiger partial charge in [0.1, 0.15) is 0 Å². The summed E-state index contributed by atoms with van der Waals surface area (Å²) in [4.78, 5) is 7.32. The SMILES string of the molecule is Cc1ccc2cc(CN3C4CCNCC3CC4)ccc2n1.Cl. The van der Waals surface area contributed by atoms with Crippen LogP contribution in [-0.2, 0) is 6.54 Å². The first-order chi connectivity index (χ1) is 10.3. The number of aryl methyl sites for hydroxylation is 1. The number of fused-ring (bicyclic) bond motifs is 3. The Bertz CT molecular complexity index is 644. The number of aromatic nitrogens is 1. The minimum absolute atomic E-state index is 0. The van der Waals surface area contributed by atoms with Crippen molar-refractivity contribution in [1.29, 1.82) is 0 Å². The largest absolute Gasteiger partial charge is 0.315 e. The molecule has 2 aliphatic heterocycles. The van der Waals surface area contributed by atoms with Gasteiger partial charge < -0.3 is 5.32 Å². The Kier molecular flexibility index (Phi) is 4.67. The first kappa shape index (κ1) is 15.7. The fourth-order valence-corrected chi connectivity index (χ4v) is 3.93. The average Bonchev–Trinajstić information content (AvgIpc) is 2.72. The molecule has 2 saturated heterocycles. The predicted molar refractivity (Wildman–Crippen MR) is 93.6 cm³/mol. The summed E-state index contributed by atoms with van der Waals surface area (Å²) < 4.78 is 0. The molecule has 2 aromatic rings. The van der Waals surface area contributed by atoms with E-state index in [1.165, 1.54) is 36.8 Å². The molecule has 22 heavy (non-hydrogen) atoms. The lowest BCUT2D eigenvalue weighted by Crippen LogP contribution is -2.37. The van der Waals surface area contributed by atoms with Gasteiger partial charge in [0.05, 0.1) is 5.52 Å². The Morgan fingerprint density at radius 3 is 2.91 bits per heavy atom. The monoisotopic (exact) mass is 317 g/mol. The van der Waals surface area contributed by atoms with E-state index in [0.29, 0.717) is 0 Å². The highest BCUT2D eigenvalue weighted by Crippen LogP contribution is 2.30. The highest BCUT2D eigenvalue weighted by molar-refractivity contribution is 5.85. The van der Waals surface area contributed by atoms with Crippen LogP contribution in [0.5, 0.6) is 0 Å². The minimum atomic E-state index is 0. The van der Waals surface area contributed by atoms with Gasteiger partial charge in [-0.05, 0) is 56.5 Å². The van der Waals surface area contributed by atoms with Gasteiger partial charge in [-0.1, -0.05) is 12.1 Å². The lowest BCUT2D eigenvalue weighted by Gasteiger charge is -2.27. The normalized spacial score (nSPS) is 25.0. The molecular formula is C18H24ClN3. The second-order valence-corrected chi connectivity index (χ2v) is 6.53. The van der Waals surface area contributed by atoms with Crippen LogP contribution in [0.1, 0.15) is 30.5 Å². The lowest BCUT2D eigenvalue weighted by atomic mass is 10.1. The van der Waals surface area contributed by atoms with Crippen molar-refractivity contribution in [3.05, 3.63) is 41.6 Å². The van der Waals surface area contributed by atoms with Gasteiger partial charge in [-0.25, -0.2) is 0 Å². The van der Waals surface area contributed by atoms with Gasteiger partial charge in [-0.15, -0.1) is 12.4 Å². The van der Waals surface area contributed by atoms with E-state index in [1.807, 2.05) is 0 Å². The number of halogens is 1. The zero-order valence-electron chi connectivity index (χ0n) is 13.1. The van der Waals surface area contributed by atoms with Gasteiger partial charge in [0, 0.05) is 36.3 Å². The Balaban J connectivity index is 0.00000144. The molecule has 3 nitrogen and oxygen atoms in total. The van der Waals surface area contributed by atoms with Gasteiger partial charge in [0.2, 0.25) is 0 Å². The summed E-state index contributed by atoms with van der Waals surface area (Å²) in [5.41, 5.74) is 3.62. The van der Waals surface area contributed by atoms with Gasteiger partial charge in [0.15, 0.2) is 0 Å². The number of nitrogens with zero attached hydrogens (tertiary/aromatic N) is 2. The van der Waals surface area contributed by atoms with Crippen LogP contribution < -0.4 is 5.32 Å². The molecule has 4 heteroatoms. The van der Waals surface area contributed by atoms with Gasteiger partial charge in [-0.3, -0.25) is 9.88 Å². The molecule has 2 fully saturated rings. The molecule has 0 radical (unpaired) electrons. The zero-order chi connectivity index (χ0) is 14.2. The van der Waals surface area contributed by atoms with Crippen LogP contribution in [0.2, 0.25) is 0 Å². The van der Waals surface area contributed by atoms with Crippen molar-refractivity contribution in [2.45, 2.75) is 44.8 Å². The first-order valence-electron chi connectivity index (χ1n) is 8.12. The standard InChI is InChI=1S/C18H23N3.ClH/c1-13-2-4-15-10-14(3-7-18(15)20-13)12-21-16-5-6-17(21)11-19-9-8-16;/h2-4,7,10,16-17,19H,5-6,8-9,11-12H2,1H3;1H. The molecule has 0 aliphatic carbocycles. The Morgan fingerprint density at radius 1 is 1.14 bits per heavy atom. The molecule has 2 unspecified atom stereocenters. The summed E-state index contributed by atoms with van der Waals surface area (Å²) in [6.45, 7) is 5.47. The molecule has 2 aliphatic rings. The van der Waals surface area contributed by atoms with Crippen LogP contribution in [0.15, 0.2) is 30.3 Å². The average molecular weight is 318 g/mol. The van der Waals surface area contributed by atoms with Crippen LogP contribution in [0, 0.1) is 6.92 Å². The Hall–Kier alpha value is -1.16. The van der Waals surface area contributed by atoms with E-state index in [-0.39, 0.29) is 12.4 Å². The number of nitrogens with one attached hydrogen (secondary N) is 1. The summed E-state index contributed by atoms with van der Waals surface area (Å²) in [7, 11) is 0. The van der Waals surface area contributed by atoms with Crippen molar-refractivity contribution in [3.63, 3.8) is 0 Å². The summed E-state index contributed by atoms with van der Waals surface area (Å²) in [6, 6.07) is 12.5. The Morgan fingerprint density at radius 2 is 2.00 bits per heavy atom. The predicted octanol–water partition coefficient (Wildman–Crippen LogP) is 3.29. The number of hydrogen-bond acceptors (Lipinski definition) is 3. The van der Waals surface area contributed by atoms with Crippen molar-refractivity contribution in [2.75, 3.05) is 13.1 Å². The smallest absolute Gasteiger partial charge is 0.0705 e. The van der Waals surface area contributed by atoms with Crippen LogP contribution in [0.25, 0.3) is 10.9 Å². The quantitative estimate of drug-likeness (QED) is 0.921. The van der Waals surface area contributed by atoms with E-state index >= 15 is 0 Å². The Labute approximate surface area is 138 Å². The molecule has 0 spiro atoms. The highest BCUT2D eigenvalue weighted by Gasteiger charge is 2.34. The first-order valence-corrected chi connectivity index (χ1v) is 8.12.